The highest BCUT2D eigenvalue weighted by molar-refractivity contribution is 6.03. The number of aromatic nitrogens is 2. The predicted molar refractivity (Wildman–Crippen MR) is 123 cm³/mol. The van der Waals surface area contributed by atoms with E-state index < -0.39 is 5.92 Å². The van der Waals surface area contributed by atoms with E-state index in [1.807, 2.05) is 32.0 Å². The minimum atomic E-state index is -0.440. The number of aryl methyl sites for hydroxylation is 2. The van der Waals surface area contributed by atoms with Crippen LogP contribution >= 0.6 is 0 Å². The summed E-state index contributed by atoms with van der Waals surface area (Å²) in [5, 5.41) is 6.07. The number of nitrogens with one attached hydrogen (secondary N) is 2. The van der Waals surface area contributed by atoms with Crippen molar-refractivity contribution in [2.75, 3.05) is 28.9 Å². The van der Waals surface area contributed by atoms with Crippen molar-refractivity contribution in [2.45, 2.75) is 20.3 Å². The van der Waals surface area contributed by atoms with Crippen molar-refractivity contribution in [3.8, 4) is 11.5 Å². The summed E-state index contributed by atoms with van der Waals surface area (Å²) < 4.78 is 10.7. The number of hydrogen-bond acceptors (Lipinski definition) is 7. The van der Waals surface area contributed by atoms with Crippen LogP contribution in [0.1, 0.15) is 17.8 Å². The molecule has 9 nitrogen and oxygen atoms in total. The molecule has 3 heterocycles. The number of fused-ring (bicyclic) bond motifs is 1. The average Bonchev–Trinajstić information content (AvgIpc) is 3.40. The molecule has 1 atom stereocenters. The van der Waals surface area contributed by atoms with Gasteiger partial charge in [0.2, 0.25) is 24.6 Å². The topological polar surface area (TPSA) is 106 Å². The van der Waals surface area contributed by atoms with Crippen molar-refractivity contribution in [2.24, 2.45) is 5.92 Å². The second-order valence-corrected chi connectivity index (χ2v) is 8.11. The minimum absolute atomic E-state index is 0.0954. The number of benzene rings is 2. The van der Waals surface area contributed by atoms with Crippen LogP contribution in [-0.2, 0) is 9.59 Å². The molecular formula is C24H23N5O4. The minimum Gasteiger partial charge on any atom is -0.454 e. The van der Waals surface area contributed by atoms with Crippen molar-refractivity contribution < 1.29 is 19.1 Å². The molecule has 3 aromatic rings. The number of ether oxygens (including phenoxy) is 2. The van der Waals surface area contributed by atoms with E-state index in [1.54, 1.807) is 35.2 Å². The first-order valence-corrected chi connectivity index (χ1v) is 10.6. The third kappa shape index (κ3) is 4.43. The predicted octanol–water partition coefficient (Wildman–Crippen LogP) is 3.56. The molecule has 2 N–H and O–H groups in total. The van der Waals surface area contributed by atoms with Crippen LogP contribution in [0.2, 0.25) is 0 Å². The van der Waals surface area contributed by atoms with Gasteiger partial charge < -0.3 is 25.0 Å². The largest absolute Gasteiger partial charge is 0.454 e. The highest BCUT2D eigenvalue weighted by Crippen LogP contribution is 2.37. The van der Waals surface area contributed by atoms with Crippen molar-refractivity contribution in [3.05, 3.63) is 59.9 Å². The smallest absolute Gasteiger partial charge is 0.231 e. The van der Waals surface area contributed by atoms with Crippen molar-refractivity contribution in [1.29, 1.82) is 0 Å². The van der Waals surface area contributed by atoms with Gasteiger partial charge in [-0.1, -0.05) is 0 Å². The van der Waals surface area contributed by atoms with Crippen LogP contribution in [0.25, 0.3) is 0 Å². The van der Waals surface area contributed by atoms with Gasteiger partial charge in [-0.25, -0.2) is 9.97 Å². The number of anilines is 4. The molecule has 33 heavy (non-hydrogen) atoms. The molecule has 9 heteroatoms. The maximum Gasteiger partial charge on any atom is 0.231 e. The Kier molecular flexibility index (Phi) is 5.29. The summed E-state index contributed by atoms with van der Waals surface area (Å²) in [5.41, 5.74) is 3.93. The van der Waals surface area contributed by atoms with Gasteiger partial charge in [0.15, 0.2) is 11.5 Å². The zero-order chi connectivity index (χ0) is 22.9. The van der Waals surface area contributed by atoms with E-state index in [4.69, 9.17) is 9.47 Å². The summed E-state index contributed by atoms with van der Waals surface area (Å²) in [6, 6.07) is 14.5. The maximum atomic E-state index is 12.8. The number of rotatable bonds is 5. The molecule has 168 valence electrons. The maximum absolute atomic E-state index is 12.8. The van der Waals surface area contributed by atoms with Crippen molar-refractivity contribution in [3.63, 3.8) is 0 Å². The quantitative estimate of drug-likeness (QED) is 0.619. The zero-order valence-corrected chi connectivity index (χ0v) is 18.3. The van der Waals surface area contributed by atoms with Gasteiger partial charge in [-0.05, 0) is 56.3 Å². The molecule has 1 fully saturated rings. The summed E-state index contributed by atoms with van der Waals surface area (Å²) in [6.07, 6.45) is 0.157. The molecule has 1 saturated heterocycles. The van der Waals surface area contributed by atoms with Crippen LogP contribution in [0, 0.1) is 19.8 Å². The lowest BCUT2D eigenvalue weighted by molar-refractivity contribution is -0.122. The van der Waals surface area contributed by atoms with Gasteiger partial charge in [-0.15, -0.1) is 0 Å². The lowest BCUT2D eigenvalue weighted by atomic mass is 10.1. The summed E-state index contributed by atoms with van der Waals surface area (Å²) in [7, 11) is 0. The molecular weight excluding hydrogens is 422 g/mol. The summed E-state index contributed by atoms with van der Waals surface area (Å²) in [6.45, 7) is 4.32. The fourth-order valence-corrected chi connectivity index (χ4v) is 3.98. The van der Waals surface area contributed by atoms with Crippen LogP contribution < -0.4 is 25.0 Å². The van der Waals surface area contributed by atoms with Gasteiger partial charge in [0.25, 0.3) is 0 Å². The van der Waals surface area contributed by atoms with Crippen molar-refractivity contribution >= 4 is 34.8 Å². The second kappa shape index (κ2) is 8.42. The standard InChI is InChI=1S/C24H23N5O4/c1-14-9-15(2)26-24(25-14)28-18-5-3-17(4-6-18)27-23(31)16-10-22(30)29(12-16)19-7-8-20-21(11-19)33-13-32-20/h3-9,11,16H,10,12-13H2,1-2H3,(H,27,31)(H,25,26,28). The van der Waals surface area contributed by atoms with Crippen LogP contribution in [0.5, 0.6) is 11.5 Å². The van der Waals surface area contributed by atoms with E-state index in [1.165, 1.54) is 0 Å². The molecule has 0 bridgehead atoms. The van der Waals surface area contributed by atoms with E-state index in [2.05, 4.69) is 20.6 Å². The highest BCUT2D eigenvalue weighted by Gasteiger charge is 2.35. The molecule has 2 aliphatic heterocycles. The Labute approximate surface area is 190 Å². The number of carbonyl (C=O) groups excluding carboxylic acids is 2. The lowest BCUT2D eigenvalue weighted by Crippen LogP contribution is -2.28. The van der Waals surface area contributed by atoms with Gasteiger partial charge in [0, 0.05) is 47.5 Å². The van der Waals surface area contributed by atoms with Gasteiger partial charge in [-0.3, -0.25) is 9.59 Å². The first kappa shape index (κ1) is 20.7. The summed E-state index contributed by atoms with van der Waals surface area (Å²) >= 11 is 0. The molecule has 0 spiro atoms. The lowest BCUT2D eigenvalue weighted by Gasteiger charge is -2.17. The van der Waals surface area contributed by atoms with E-state index in [0.717, 1.165) is 17.1 Å². The highest BCUT2D eigenvalue weighted by atomic mass is 16.7. The van der Waals surface area contributed by atoms with E-state index in [0.29, 0.717) is 35.4 Å². The first-order chi connectivity index (χ1) is 15.9. The normalized spacial score (nSPS) is 16.7. The Morgan fingerprint density at radius 3 is 2.42 bits per heavy atom. The van der Waals surface area contributed by atoms with Gasteiger partial charge >= 0.3 is 0 Å². The van der Waals surface area contributed by atoms with E-state index in [-0.39, 0.29) is 25.0 Å². The molecule has 5 rings (SSSR count). The molecule has 0 saturated carbocycles. The summed E-state index contributed by atoms with van der Waals surface area (Å²) in [5.74, 6) is 1.06. The number of amides is 2. The Bertz CT molecular complexity index is 1210. The fraction of sp³-hybridized carbons (Fsp3) is 0.250. The Morgan fingerprint density at radius 2 is 1.67 bits per heavy atom. The van der Waals surface area contributed by atoms with Crippen LogP contribution in [0.3, 0.4) is 0 Å². The van der Waals surface area contributed by atoms with Crippen molar-refractivity contribution in [1.82, 2.24) is 9.97 Å². The summed E-state index contributed by atoms with van der Waals surface area (Å²) in [4.78, 5) is 35.7. The van der Waals surface area contributed by atoms with Gasteiger partial charge in [-0.2, -0.15) is 0 Å². The molecule has 2 aromatic carbocycles. The monoisotopic (exact) mass is 445 g/mol. The molecule has 0 radical (unpaired) electrons. The van der Waals surface area contributed by atoms with Crippen LogP contribution in [0.4, 0.5) is 23.0 Å². The third-order valence-corrected chi connectivity index (χ3v) is 5.55. The Balaban J connectivity index is 1.21. The average molecular weight is 445 g/mol. The SMILES string of the molecule is Cc1cc(C)nc(Nc2ccc(NC(=O)C3CC(=O)N(c4ccc5c(c4)OCO5)C3)cc2)n1. The molecule has 1 unspecified atom stereocenters. The fourth-order valence-electron chi connectivity index (χ4n) is 3.98. The van der Waals surface area contributed by atoms with E-state index in [9.17, 15) is 9.59 Å². The molecule has 2 aliphatic rings. The first-order valence-electron chi connectivity index (χ1n) is 10.6. The van der Waals surface area contributed by atoms with Gasteiger partial charge in [0.1, 0.15) is 0 Å². The second-order valence-electron chi connectivity index (χ2n) is 8.11. The third-order valence-electron chi connectivity index (χ3n) is 5.55. The Morgan fingerprint density at radius 1 is 0.970 bits per heavy atom. The van der Waals surface area contributed by atoms with Crippen LogP contribution in [0.15, 0.2) is 48.5 Å². The molecule has 2 amide bonds. The molecule has 1 aromatic heterocycles. The number of nitrogens with zero attached hydrogens (tertiary/aromatic N) is 3. The van der Waals surface area contributed by atoms with Gasteiger partial charge in [0.05, 0.1) is 5.92 Å². The molecule has 0 aliphatic carbocycles. The zero-order valence-electron chi connectivity index (χ0n) is 18.3. The number of hydrogen-bond donors (Lipinski definition) is 2. The van der Waals surface area contributed by atoms with Crippen LogP contribution in [-0.4, -0.2) is 35.1 Å². The number of carbonyl (C=O) groups is 2. The Hall–Kier alpha value is -4.14. The van der Waals surface area contributed by atoms with E-state index >= 15 is 0 Å².